The van der Waals surface area contributed by atoms with Crippen LogP contribution in [0.3, 0.4) is 0 Å². The number of hydrogen-bond acceptors (Lipinski definition) is 2. The van der Waals surface area contributed by atoms with Crippen molar-refractivity contribution in [1.82, 2.24) is 14.7 Å². The molecule has 4 nitrogen and oxygen atoms in total. The van der Waals surface area contributed by atoms with Gasteiger partial charge in [-0.05, 0) is 31.4 Å². The molecule has 1 heterocycles. The number of aromatic nitrogens is 2. The second-order valence-corrected chi connectivity index (χ2v) is 5.73. The summed E-state index contributed by atoms with van der Waals surface area (Å²) in [5, 5.41) is 4.54. The smallest absolute Gasteiger partial charge is 0.272 e. The van der Waals surface area contributed by atoms with Crippen molar-refractivity contribution in [3.63, 3.8) is 0 Å². The Balaban J connectivity index is 2.24. The molecule has 0 bridgehead atoms. The van der Waals surface area contributed by atoms with Crippen LogP contribution in [-0.4, -0.2) is 27.1 Å². The largest absolute Gasteiger partial charge is 0.333 e. The van der Waals surface area contributed by atoms with Crippen LogP contribution >= 0.6 is 0 Å². The summed E-state index contributed by atoms with van der Waals surface area (Å²) in [5.74, 6) is 0.371. The van der Waals surface area contributed by atoms with Crippen molar-refractivity contribution < 1.29 is 4.79 Å². The average Bonchev–Trinajstić information content (AvgIpc) is 2.97. The third-order valence-corrected chi connectivity index (χ3v) is 3.79. The van der Waals surface area contributed by atoms with Gasteiger partial charge in [0.15, 0.2) is 0 Å². The highest BCUT2D eigenvalue weighted by Gasteiger charge is 2.21. The fourth-order valence-corrected chi connectivity index (χ4v) is 2.43. The first-order chi connectivity index (χ1) is 10.6. The molecule has 0 fully saturated rings. The Labute approximate surface area is 132 Å². The molecule has 0 saturated heterocycles. The van der Waals surface area contributed by atoms with E-state index < -0.39 is 0 Å². The normalized spacial score (nSPS) is 11.0. The number of benzene rings is 1. The van der Waals surface area contributed by atoms with Crippen molar-refractivity contribution in [2.75, 3.05) is 6.54 Å². The van der Waals surface area contributed by atoms with Gasteiger partial charge in [0.1, 0.15) is 5.69 Å². The second kappa shape index (κ2) is 7.25. The van der Waals surface area contributed by atoms with E-state index >= 15 is 0 Å². The molecule has 1 amide bonds. The zero-order chi connectivity index (χ0) is 16.1. The van der Waals surface area contributed by atoms with E-state index in [4.69, 9.17) is 0 Å². The Hall–Kier alpha value is -2.10. The lowest BCUT2D eigenvalue weighted by Crippen LogP contribution is -2.32. The molecule has 0 aliphatic rings. The van der Waals surface area contributed by atoms with Gasteiger partial charge in [-0.1, -0.05) is 44.2 Å². The Morgan fingerprint density at radius 2 is 1.91 bits per heavy atom. The SMILES string of the molecule is CCN(Cc1ccccc1)C(=O)c1cc(C(C)C)nn1CC. The van der Waals surface area contributed by atoms with Gasteiger partial charge in [0.25, 0.3) is 5.91 Å². The van der Waals surface area contributed by atoms with Gasteiger partial charge < -0.3 is 4.90 Å². The van der Waals surface area contributed by atoms with E-state index in [0.717, 1.165) is 11.3 Å². The van der Waals surface area contributed by atoms with Crippen LogP contribution in [0.4, 0.5) is 0 Å². The number of nitrogens with zero attached hydrogens (tertiary/aromatic N) is 3. The van der Waals surface area contributed by atoms with Crippen LogP contribution in [-0.2, 0) is 13.1 Å². The van der Waals surface area contributed by atoms with E-state index in [1.165, 1.54) is 0 Å². The summed E-state index contributed by atoms with van der Waals surface area (Å²) in [6.45, 7) is 10.2. The standard InChI is InChI=1S/C18H25N3O/c1-5-20(13-15-10-8-7-9-11-15)18(22)17-12-16(14(3)4)19-21(17)6-2/h7-12,14H,5-6,13H2,1-4H3. The van der Waals surface area contributed by atoms with Gasteiger partial charge in [-0.2, -0.15) is 5.10 Å². The highest BCUT2D eigenvalue weighted by Crippen LogP contribution is 2.17. The number of hydrogen-bond donors (Lipinski definition) is 0. The maximum absolute atomic E-state index is 12.9. The molecule has 0 aliphatic carbocycles. The van der Waals surface area contributed by atoms with E-state index in [1.54, 1.807) is 0 Å². The molecular weight excluding hydrogens is 274 g/mol. The van der Waals surface area contributed by atoms with Gasteiger partial charge in [-0.15, -0.1) is 0 Å². The van der Waals surface area contributed by atoms with E-state index in [1.807, 2.05) is 59.8 Å². The Kier molecular flexibility index (Phi) is 5.36. The van der Waals surface area contributed by atoms with Gasteiger partial charge in [-0.3, -0.25) is 9.48 Å². The molecule has 0 N–H and O–H groups in total. The molecule has 0 saturated carbocycles. The van der Waals surface area contributed by atoms with Crippen LogP contribution < -0.4 is 0 Å². The highest BCUT2D eigenvalue weighted by atomic mass is 16.2. The van der Waals surface area contributed by atoms with Crippen molar-refractivity contribution >= 4 is 5.91 Å². The first kappa shape index (κ1) is 16.3. The van der Waals surface area contributed by atoms with Crippen molar-refractivity contribution in [1.29, 1.82) is 0 Å². The molecule has 2 rings (SSSR count). The molecule has 0 unspecified atom stereocenters. The third-order valence-electron chi connectivity index (χ3n) is 3.79. The summed E-state index contributed by atoms with van der Waals surface area (Å²) < 4.78 is 1.81. The number of carbonyl (C=O) groups is 1. The maximum atomic E-state index is 12.9. The van der Waals surface area contributed by atoms with Crippen LogP contribution in [0.25, 0.3) is 0 Å². The molecule has 22 heavy (non-hydrogen) atoms. The minimum absolute atomic E-state index is 0.0487. The van der Waals surface area contributed by atoms with Crippen LogP contribution in [0.15, 0.2) is 36.4 Å². The molecule has 0 radical (unpaired) electrons. The van der Waals surface area contributed by atoms with E-state index in [-0.39, 0.29) is 5.91 Å². The first-order valence-corrected chi connectivity index (χ1v) is 7.97. The lowest BCUT2D eigenvalue weighted by molar-refractivity contribution is 0.0740. The minimum atomic E-state index is 0.0487. The van der Waals surface area contributed by atoms with Crippen molar-refractivity contribution in [2.24, 2.45) is 0 Å². The lowest BCUT2D eigenvalue weighted by Gasteiger charge is -2.21. The van der Waals surface area contributed by atoms with Gasteiger partial charge >= 0.3 is 0 Å². The van der Waals surface area contributed by atoms with Gasteiger partial charge in [0.05, 0.1) is 5.69 Å². The highest BCUT2D eigenvalue weighted by molar-refractivity contribution is 5.92. The van der Waals surface area contributed by atoms with E-state index in [2.05, 4.69) is 18.9 Å². The molecule has 118 valence electrons. The maximum Gasteiger partial charge on any atom is 0.272 e. The van der Waals surface area contributed by atoms with Crippen molar-refractivity contribution in [3.8, 4) is 0 Å². The molecule has 0 spiro atoms. The molecule has 1 aromatic heterocycles. The monoisotopic (exact) mass is 299 g/mol. The fraction of sp³-hybridized carbons (Fsp3) is 0.444. The molecule has 0 aliphatic heterocycles. The first-order valence-electron chi connectivity index (χ1n) is 7.97. The summed E-state index contributed by atoms with van der Waals surface area (Å²) >= 11 is 0. The third kappa shape index (κ3) is 3.56. The zero-order valence-corrected chi connectivity index (χ0v) is 13.9. The van der Waals surface area contributed by atoms with Crippen LogP contribution in [0.2, 0.25) is 0 Å². The summed E-state index contributed by atoms with van der Waals surface area (Å²) in [6.07, 6.45) is 0. The van der Waals surface area contributed by atoms with Gasteiger partial charge in [0.2, 0.25) is 0 Å². The minimum Gasteiger partial charge on any atom is -0.333 e. The number of aryl methyl sites for hydroxylation is 1. The van der Waals surface area contributed by atoms with Crippen LogP contribution in [0, 0.1) is 0 Å². The van der Waals surface area contributed by atoms with Gasteiger partial charge in [-0.25, -0.2) is 0 Å². The predicted octanol–water partition coefficient (Wildman–Crippen LogP) is 3.69. The second-order valence-electron chi connectivity index (χ2n) is 5.73. The summed E-state index contributed by atoms with van der Waals surface area (Å²) in [5.41, 5.74) is 2.80. The van der Waals surface area contributed by atoms with Crippen LogP contribution in [0.5, 0.6) is 0 Å². The molecule has 4 heteroatoms. The van der Waals surface area contributed by atoms with Gasteiger partial charge in [0, 0.05) is 19.6 Å². The number of amides is 1. The predicted molar refractivity (Wildman–Crippen MR) is 88.8 cm³/mol. The fourth-order valence-electron chi connectivity index (χ4n) is 2.43. The topological polar surface area (TPSA) is 38.1 Å². The van der Waals surface area contributed by atoms with E-state index in [9.17, 15) is 4.79 Å². The van der Waals surface area contributed by atoms with Crippen molar-refractivity contribution in [2.45, 2.75) is 46.7 Å². The quantitative estimate of drug-likeness (QED) is 0.816. The Bertz CT molecular complexity index is 617. The summed E-state index contributed by atoms with van der Waals surface area (Å²) in [4.78, 5) is 14.7. The van der Waals surface area contributed by atoms with Crippen LogP contribution in [0.1, 0.15) is 55.4 Å². The Morgan fingerprint density at radius 3 is 2.45 bits per heavy atom. The molecular formula is C18H25N3O. The Morgan fingerprint density at radius 1 is 1.23 bits per heavy atom. The number of carbonyl (C=O) groups excluding carboxylic acids is 1. The lowest BCUT2D eigenvalue weighted by atomic mass is 10.1. The molecule has 0 atom stereocenters. The number of rotatable bonds is 6. The summed E-state index contributed by atoms with van der Waals surface area (Å²) in [6, 6.07) is 12.0. The summed E-state index contributed by atoms with van der Waals surface area (Å²) in [7, 11) is 0. The molecule has 1 aromatic carbocycles. The average molecular weight is 299 g/mol. The molecule has 2 aromatic rings. The zero-order valence-electron chi connectivity index (χ0n) is 13.9. The van der Waals surface area contributed by atoms with Crippen molar-refractivity contribution in [3.05, 3.63) is 53.3 Å². The van der Waals surface area contributed by atoms with E-state index in [0.29, 0.717) is 31.2 Å².